The Kier molecular flexibility index (Phi) is 2.21. The van der Waals surface area contributed by atoms with Crippen LogP contribution < -0.4 is 5.73 Å². The molecule has 0 aromatic heterocycles. The van der Waals surface area contributed by atoms with E-state index in [-0.39, 0.29) is 11.9 Å². The first kappa shape index (κ1) is 9.85. The highest BCUT2D eigenvalue weighted by Gasteiger charge is 2.47. The third-order valence-electron chi connectivity index (χ3n) is 3.57. The standard InChI is InChI=1S/C13H16N2O/c14-10-6-13(16)15(8-10)12-7-11(12)9-4-2-1-3-5-9/h1-5,10-12H,6-8,14H2/t10-,11-,12+/m1/s1. The van der Waals surface area contributed by atoms with E-state index in [1.165, 1.54) is 5.56 Å². The lowest BCUT2D eigenvalue weighted by molar-refractivity contribution is -0.128. The maximum atomic E-state index is 11.7. The molecule has 0 radical (unpaired) electrons. The molecule has 2 fully saturated rings. The van der Waals surface area contributed by atoms with Gasteiger partial charge in [0.15, 0.2) is 0 Å². The number of likely N-dealkylation sites (tertiary alicyclic amines) is 1. The summed E-state index contributed by atoms with van der Waals surface area (Å²) in [6.07, 6.45) is 1.63. The highest BCUT2D eigenvalue weighted by atomic mass is 16.2. The summed E-state index contributed by atoms with van der Waals surface area (Å²) in [4.78, 5) is 13.7. The van der Waals surface area contributed by atoms with Crippen LogP contribution in [0.1, 0.15) is 24.3 Å². The zero-order valence-electron chi connectivity index (χ0n) is 9.17. The van der Waals surface area contributed by atoms with Gasteiger partial charge in [0.2, 0.25) is 5.91 Å². The average Bonchev–Trinajstić information content (AvgIpc) is 3.00. The van der Waals surface area contributed by atoms with Gasteiger partial charge in [0.25, 0.3) is 0 Å². The van der Waals surface area contributed by atoms with Crippen LogP contribution in [0.15, 0.2) is 30.3 Å². The van der Waals surface area contributed by atoms with E-state index in [4.69, 9.17) is 5.73 Å². The molecular formula is C13H16N2O. The van der Waals surface area contributed by atoms with Gasteiger partial charge in [0, 0.05) is 31.0 Å². The van der Waals surface area contributed by atoms with Crippen LogP contribution in [0.5, 0.6) is 0 Å². The van der Waals surface area contributed by atoms with Crippen LogP contribution >= 0.6 is 0 Å². The normalized spacial score (nSPS) is 33.2. The molecule has 1 saturated heterocycles. The van der Waals surface area contributed by atoms with E-state index in [1.54, 1.807) is 0 Å². The average molecular weight is 216 g/mol. The Balaban J connectivity index is 1.71. The summed E-state index contributed by atoms with van der Waals surface area (Å²) < 4.78 is 0. The molecule has 84 valence electrons. The quantitative estimate of drug-likeness (QED) is 0.804. The molecule has 3 rings (SSSR count). The van der Waals surface area contributed by atoms with Crippen molar-refractivity contribution in [2.24, 2.45) is 5.73 Å². The van der Waals surface area contributed by atoms with Crippen LogP contribution in [-0.4, -0.2) is 29.4 Å². The van der Waals surface area contributed by atoms with E-state index in [0.29, 0.717) is 18.4 Å². The third kappa shape index (κ3) is 1.61. The van der Waals surface area contributed by atoms with E-state index in [1.807, 2.05) is 11.0 Å². The van der Waals surface area contributed by atoms with Crippen LogP contribution in [0.25, 0.3) is 0 Å². The fourth-order valence-corrected chi connectivity index (χ4v) is 2.67. The summed E-state index contributed by atoms with van der Waals surface area (Å²) in [6, 6.07) is 10.9. The van der Waals surface area contributed by atoms with Crippen LogP contribution in [0.4, 0.5) is 0 Å². The molecule has 16 heavy (non-hydrogen) atoms. The number of benzene rings is 1. The number of hydrogen-bond acceptors (Lipinski definition) is 2. The van der Waals surface area contributed by atoms with Gasteiger partial charge in [0.1, 0.15) is 0 Å². The van der Waals surface area contributed by atoms with Gasteiger partial charge in [0.05, 0.1) is 0 Å². The zero-order chi connectivity index (χ0) is 11.1. The van der Waals surface area contributed by atoms with Crippen molar-refractivity contribution in [3.8, 4) is 0 Å². The van der Waals surface area contributed by atoms with E-state index in [9.17, 15) is 4.79 Å². The summed E-state index contributed by atoms with van der Waals surface area (Å²) in [5, 5.41) is 0. The first-order valence-corrected chi connectivity index (χ1v) is 5.85. The summed E-state index contributed by atoms with van der Waals surface area (Å²) in [6.45, 7) is 0.743. The van der Waals surface area contributed by atoms with E-state index < -0.39 is 0 Å². The minimum absolute atomic E-state index is 0.0459. The topological polar surface area (TPSA) is 46.3 Å². The minimum atomic E-state index is 0.0459. The Bertz CT molecular complexity index is 404. The molecule has 1 amide bonds. The SMILES string of the molecule is N[C@@H]1CC(=O)N([C@H]2C[C@@H]2c2ccccc2)C1. The van der Waals surface area contributed by atoms with E-state index >= 15 is 0 Å². The Hall–Kier alpha value is -1.35. The number of hydrogen-bond donors (Lipinski definition) is 1. The second-order valence-electron chi connectivity index (χ2n) is 4.83. The van der Waals surface area contributed by atoms with Gasteiger partial charge >= 0.3 is 0 Å². The van der Waals surface area contributed by atoms with Crippen LogP contribution in [0.2, 0.25) is 0 Å². The van der Waals surface area contributed by atoms with Crippen molar-refractivity contribution in [2.45, 2.75) is 30.8 Å². The molecule has 2 N–H and O–H groups in total. The van der Waals surface area contributed by atoms with Crippen molar-refractivity contribution in [1.82, 2.24) is 4.90 Å². The molecule has 3 nitrogen and oxygen atoms in total. The molecule has 1 saturated carbocycles. The summed E-state index contributed by atoms with van der Waals surface area (Å²) in [5.74, 6) is 0.770. The van der Waals surface area contributed by atoms with Gasteiger partial charge in [-0.15, -0.1) is 0 Å². The van der Waals surface area contributed by atoms with Gasteiger partial charge in [-0.3, -0.25) is 4.79 Å². The molecule has 1 aliphatic carbocycles. The van der Waals surface area contributed by atoms with Crippen LogP contribution in [0.3, 0.4) is 0 Å². The molecule has 0 unspecified atom stereocenters. The maximum Gasteiger partial charge on any atom is 0.224 e. The zero-order valence-corrected chi connectivity index (χ0v) is 9.17. The number of rotatable bonds is 2. The van der Waals surface area contributed by atoms with Gasteiger partial charge in [-0.05, 0) is 12.0 Å². The molecule has 0 bridgehead atoms. The molecule has 3 heteroatoms. The van der Waals surface area contributed by atoms with Gasteiger partial charge in [-0.25, -0.2) is 0 Å². The Morgan fingerprint density at radius 1 is 1.25 bits per heavy atom. The van der Waals surface area contributed by atoms with Gasteiger partial charge < -0.3 is 10.6 Å². The lowest BCUT2D eigenvalue weighted by atomic mass is 10.1. The monoisotopic (exact) mass is 216 g/mol. The number of amides is 1. The van der Waals surface area contributed by atoms with Crippen LogP contribution in [-0.2, 0) is 4.79 Å². The van der Waals surface area contributed by atoms with Crippen molar-refractivity contribution in [2.75, 3.05) is 6.54 Å². The summed E-state index contributed by atoms with van der Waals surface area (Å²) >= 11 is 0. The van der Waals surface area contributed by atoms with E-state index in [0.717, 1.165) is 13.0 Å². The Morgan fingerprint density at radius 3 is 2.62 bits per heavy atom. The minimum Gasteiger partial charge on any atom is -0.337 e. The van der Waals surface area contributed by atoms with Gasteiger partial charge in [-0.1, -0.05) is 30.3 Å². The number of carbonyl (C=O) groups excluding carboxylic acids is 1. The largest absolute Gasteiger partial charge is 0.337 e. The maximum absolute atomic E-state index is 11.7. The number of nitrogens with zero attached hydrogens (tertiary/aromatic N) is 1. The Labute approximate surface area is 95.2 Å². The fourth-order valence-electron chi connectivity index (χ4n) is 2.67. The molecule has 1 aromatic carbocycles. The molecule has 1 aliphatic heterocycles. The summed E-state index contributed by atoms with van der Waals surface area (Å²) in [5.41, 5.74) is 7.15. The second kappa shape index (κ2) is 3.59. The number of carbonyl (C=O) groups is 1. The molecule has 1 aromatic rings. The van der Waals surface area contributed by atoms with Crippen molar-refractivity contribution in [3.05, 3.63) is 35.9 Å². The lowest BCUT2D eigenvalue weighted by Crippen LogP contribution is -2.30. The van der Waals surface area contributed by atoms with Crippen molar-refractivity contribution in [1.29, 1.82) is 0 Å². The molecule has 3 atom stereocenters. The first-order valence-electron chi connectivity index (χ1n) is 5.85. The number of nitrogens with two attached hydrogens (primary N) is 1. The van der Waals surface area contributed by atoms with Gasteiger partial charge in [-0.2, -0.15) is 0 Å². The van der Waals surface area contributed by atoms with Crippen molar-refractivity contribution >= 4 is 5.91 Å². The molecule has 1 heterocycles. The highest BCUT2D eigenvalue weighted by molar-refractivity contribution is 5.80. The molecule has 2 aliphatic rings. The molecule has 0 spiro atoms. The van der Waals surface area contributed by atoms with E-state index in [2.05, 4.69) is 24.3 Å². The Morgan fingerprint density at radius 2 is 2.00 bits per heavy atom. The predicted octanol–water partition coefficient (Wildman–Crippen LogP) is 1.10. The first-order chi connectivity index (χ1) is 7.75. The molecular weight excluding hydrogens is 200 g/mol. The lowest BCUT2D eigenvalue weighted by Gasteiger charge is -2.15. The smallest absolute Gasteiger partial charge is 0.224 e. The summed E-state index contributed by atoms with van der Waals surface area (Å²) in [7, 11) is 0. The third-order valence-corrected chi connectivity index (χ3v) is 3.57. The predicted molar refractivity (Wildman–Crippen MR) is 61.9 cm³/mol. The highest BCUT2D eigenvalue weighted by Crippen LogP contribution is 2.45. The second-order valence-corrected chi connectivity index (χ2v) is 4.83. The van der Waals surface area contributed by atoms with Crippen LogP contribution in [0, 0.1) is 0 Å². The van der Waals surface area contributed by atoms with Crippen molar-refractivity contribution < 1.29 is 4.79 Å². The van der Waals surface area contributed by atoms with Crippen molar-refractivity contribution in [3.63, 3.8) is 0 Å². The fraction of sp³-hybridized carbons (Fsp3) is 0.462.